The maximum absolute atomic E-state index is 13.2. The van der Waals surface area contributed by atoms with Crippen LogP contribution in [-0.2, 0) is 31.4 Å². The molecule has 0 aliphatic carbocycles. The molecule has 3 heterocycles. The minimum atomic E-state index is -1.06. The Bertz CT molecular complexity index is 1710. The number of aromatic nitrogens is 3. The normalized spacial score (nSPS) is 13.3. The van der Waals surface area contributed by atoms with Gasteiger partial charge in [-0.1, -0.05) is 47.5 Å². The molecule has 1 aliphatic rings. The Morgan fingerprint density at radius 2 is 1.95 bits per heavy atom. The van der Waals surface area contributed by atoms with Crippen molar-refractivity contribution in [2.24, 2.45) is 7.05 Å². The zero-order valence-electron chi connectivity index (χ0n) is 24.2. The first-order valence-corrected chi connectivity index (χ1v) is 14.7. The number of hydrogen-bond acceptors (Lipinski definition) is 8. The molecule has 1 aliphatic heterocycles. The number of rotatable bonds is 11. The van der Waals surface area contributed by atoms with Gasteiger partial charge in [0.1, 0.15) is 5.75 Å². The maximum Gasteiger partial charge on any atom is 0.306 e. The van der Waals surface area contributed by atoms with E-state index in [1.807, 2.05) is 35.9 Å². The summed E-state index contributed by atoms with van der Waals surface area (Å²) in [5, 5.41) is 28.5. The number of halogens is 2. The fourth-order valence-corrected chi connectivity index (χ4v) is 5.81. The molecule has 0 spiro atoms. The van der Waals surface area contributed by atoms with Crippen LogP contribution in [0.4, 0.5) is 5.69 Å². The monoisotopic (exact) mass is 638 g/mol. The zero-order chi connectivity index (χ0) is 31.4. The minimum absolute atomic E-state index is 0.119. The molecule has 5 N–H and O–H groups in total. The Labute approximate surface area is 264 Å². The van der Waals surface area contributed by atoms with E-state index in [0.717, 1.165) is 29.9 Å². The third-order valence-electron chi connectivity index (χ3n) is 7.42. The maximum atomic E-state index is 13.2. The Kier molecular flexibility index (Phi) is 9.82. The number of methoxy groups -OCH3 is 1. The molecule has 0 saturated heterocycles. The van der Waals surface area contributed by atoms with E-state index in [-0.39, 0.29) is 18.9 Å². The fourth-order valence-electron chi connectivity index (χ4n) is 5.21. The summed E-state index contributed by atoms with van der Waals surface area (Å²) in [5.74, 6) is -0.541. The number of hydrogen-bond donors (Lipinski definition) is 5. The molecule has 0 unspecified atom stereocenters. The van der Waals surface area contributed by atoms with E-state index in [0.29, 0.717) is 62.8 Å². The molecule has 0 fully saturated rings. The van der Waals surface area contributed by atoms with Crippen molar-refractivity contribution in [2.45, 2.75) is 32.0 Å². The van der Waals surface area contributed by atoms with Gasteiger partial charge < -0.3 is 35.5 Å². The number of anilines is 1. The van der Waals surface area contributed by atoms with Gasteiger partial charge in [-0.15, -0.1) is 0 Å². The molecule has 230 valence electrons. The number of nitrogens with zero attached hydrogens (tertiary/aromatic N) is 3. The van der Waals surface area contributed by atoms with Gasteiger partial charge in [0.25, 0.3) is 5.91 Å². The molecule has 13 heteroatoms. The number of ether oxygens (including phenoxy) is 1. The predicted octanol–water partition coefficient (Wildman–Crippen LogP) is 4.29. The Balaban J connectivity index is 1.37. The number of pyridine rings is 1. The Hall–Kier alpha value is -4.00. The van der Waals surface area contributed by atoms with Crippen LogP contribution in [0.5, 0.6) is 5.75 Å². The molecular weight excluding hydrogens is 607 g/mol. The van der Waals surface area contributed by atoms with E-state index >= 15 is 0 Å². The van der Waals surface area contributed by atoms with Crippen molar-refractivity contribution in [3.8, 4) is 28.1 Å². The molecule has 5 rings (SSSR count). The summed E-state index contributed by atoms with van der Waals surface area (Å²) in [6, 6.07) is 12.6. The second-order valence-electron chi connectivity index (χ2n) is 10.4. The van der Waals surface area contributed by atoms with Crippen molar-refractivity contribution in [1.82, 2.24) is 25.2 Å². The molecule has 0 bridgehead atoms. The topological polar surface area (TPSA) is 151 Å². The smallest absolute Gasteiger partial charge is 0.306 e. The first-order chi connectivity index (χ1) is 21.2. The van der Waals surface area contributed by atoms with Crippen LogP contribution in [0, 0.1) is 0 Å². The fraction of sp³-hybridized carbons (Fsp3) is 0.290. The van der Waals surface area contributed by atoms with Gasteiger partial charge in [-0.3, -0.25) is 14.6 Å². The van der Waals surface area contributed by atoms with Gasteiger partial charge in [-0.2, -0.15) is 0 Å². The van der Waals surface area contributed by atoms with Crippen molar-refractivity contribution in [2.75, 3.05) is 25.5 Å². The Morgan fingerprint density at radius 1 is 1.16 bits per heavy atom. The number of aliphatic carboxylic acids is 1. The van der Waals surface area contributed by atoms with Crippen LogP contribution >= 0.6 is 23.2 Å². The average molecular weight is 640 g/mol. The summed E-state index contributed by atoms with van der Waals surface area (Å²) in [6.45, 7) is 1.94. The van der Waals surface area contributed by atoms with Crippen LogP contribution in [0.1, 0.15) is 34.0 Å². The Morgan fingerprint density at radius 3 is 2.70 bits per heavy atom. The lowest BCUT2D eigenvalue weighted by Gasteiger charge is -2.16. The van der Waals surface area contributed by atoms with Gasteiger partial charge in [0, 0.05) is 73.8 Å². The number of benzene rings is 2. The first kappa shape index (κ1) is 31.4. The van der Waals surface area contributed by atoms with E-state index in [1.54, 1.807) is 31.5 Å². The molecule has 4 aromatic rings. The highest BCUT2D eigenvalue weighted by molar-refractivity contribution is 6.39. The third kappa shape index (κ3) is 6.72. The zero-order valence-corrected chi connectivity index (χ0v) is 25.7. The quantitative estimate of drug-likeness (QED) is 0.162. The summed E-state index contributed by atoms with van der Waals surface area (Å²) in [7, 11) is 3.39. The number of imidazole rings is 1. The number of aliphatic hydroxyl groups excluding tert-OH is 1. The van der Waals surface area contributed by atoms with Crippen molar-refractivity contribution < 1.29 is 24.5 Å². The lowest BCUT2D eigenvalue weighted by Crippen LogP contribution is -2.28. The summed E-state index contributed by atoms with van der Waals surface area (Å²) in [5.41, 5.74) is 5.61. The van der Waals surface area contributed by atoms with Crippen molar-refractivity contribution in [1.29, 1.82) is 0 Å². The van der Waals surface area contributed by atoms with Crippen LogP contribution in [0.3, 0.4) is 0 Å². The van der Waals surface area contributed by atoms with Crippen LogP contribution in [-0.4, -0.2) is 62.9 Å². The first-order valence-electron chi connectivity index (χ1n) is 14.0. The SMILES string of the molecule is COc1cc(-c2nccc(-c3cccc(NC(=O)c4nc5c(n4C)CCNC5)c3Cl)c2Cl)ccc1CNC[C@@H](O)CC(=O)O. The minimum Gasteiger partial charge on any atom is -0.496 e. The average Bonchev–Trinajstić information content (AvgIpc) is 3.35. The lowest BCUT2D eigenvalue weighted by atomic mass is 10.0. The molecule has 1 atom stereocenters. The second-order valence-corrected chi connectivity index (χ2v) is 11.1. The van der Waals surface area contributed by atoms with Crippen molar-refractivity contribution in [3.05, 3.63) is 81.5 Å². The molecule has 2 aromatic carbocycles. The molecule has 44 heavy (non-hydrogen) atoms. The number of carboxylic acids is 1. The van der Waals surface area contributed by atoms with Crippen LogP contribution in [0.15, 0.2) is 48.7 Å². The lowest BCUT2D eigenvalue weighted by molar-refractivity contribution is -0.139. The number of carbonyl (C=O) groups is 2. The largest absolute Gasteiger partial charge is 0.496 e. The van der Waals surface area contributed by atoms with Crippen molar-refractivity contribution >= 4 is 40.8 Å². The molecule has 0 radical (unpaired) electrons. The van der Waals surface area contributed by atoms with E-state index < -0.39 is 12.1 Å². The number of nitrogens with one attached hydrogen (secondary N) is 3. The molecule has 0 saturated carbocycles. The highest BCUT2D eigenvalue weighted by atomic mass is 35.5. The van der Waals surface area contributed by atoms with E-state index in [4.69, 9.17) is 33.0 Å². The molecule has 11 nitrogen and oxygen atoms in total. The van der Waals surface area contributed by atoms with Gasteiger partial charge in [0.2, 0.25) is 0 Å². The number of fused-ring (bicyclic) bond motifs is 1. The van der Waals surface area contributed by atoms with Crippen LogP contribution < -0.4 is 20.7 Å². The molecule has 2 aromatic heterocycles. The van der Waals surface area contributed by atoms with E-state index in [1.165, 1.54) is 0 Å². The van der Waals surface area contributed by atoms with Crippen LogP contribution in [0.25, 0.3) is 22.4 Å². The predicted molar refractivity (Wildman–Crippen MR) is 168 cm³/mol. The van der Waals surface area contributed by atoms with E-state index in [2.05, 4.69) is 25.9 Å². The molecule has 1 amide bonds. The summed E-state index contributed by atoms with van der Waals surface area (Å²) in [6.07, 6.45) is 1.10. The van der Waals surface area contributed by atoms with Gasteiger partial charge in [-0.25, -0.2) is 4.98 Å². The van der Waals surface area contributed by atoms with Gasteiger partial charge in [-0.05, 0) is 18.2 Å². The summed E-state index contributed by atoms with van der Waals surface area (Å²) >= 11 is 13.8. The second kappa shape index (κ2) is 13.7. The highest BCUT2D eigenvalue weighted by Crippen LogP contribution is 2.41. The highest BCUT2D eigenvalue weighted by Gasteiger charge is 2.23. The number of aliphatic hydroxyl groups is 1. The number of carbonyl (C=O) groups excluding carboxylic acids is 1. The van der Waals surface area contributed by atoms with E-state index in [9.17, 15) is 14.7 Å². The van der Waals surface area contributed by atoms with Gasteiger partial charge in [0.05, 0.1) is 46.8 Å². The van der Waals surface area contributed by atoms with Crippen molar-refractivity contribution in [3.63, 3.8) is 0 Å². The number of carboxylic acid groups (broad SMARTS) is 1. The van der Waals surface area contributed by atoms with Gasteiger partial charge >= 0.3 is 5.97 Å². The molecular formula is C31H32Cl2N6O5. The van der Waals surface area contributed by atoms with Gasteiger partial charge in [0.15, 0.2) is 5.82 Å². The number of amides is 1. The third-order valence-corrected chi connectivity index (χ3v) is 8.21. The standard InChI is InChI=1S/C31H32Cl2N6O5/c1-39-24-9-10-34-16-23(24)37-30(39)31(43)38-22-5-3-4-20(27(22)32)21-8-11-36-29(28(21)33)17-6-7-18(25(12-17)44-2)14-35-15-19(40)13-26(41)42/h3-8,11-12,19,34-35,40H,9-10,13-16H2,1-2H3,(H,38,43)(H,41,42)/t19-/m0/s1. The summed E-state index contributed by atoms with van der Waals surface area (Å²) < 4.78 is 7.42. The van der Waals surface area contributed by atoms with Crippen LogP contribution in [0.2, 0.25) is 10.0 Å². The summed E-state index contributed by atoms with van der Waals surface area (Å²) in [4.78, 5) is 33.1.